The molecule has 1 heterocycles. The Morgan fingerprint density at radius 2 is 1.50 bits per heavy atom. The average Bonchev–Trinajstić information content (AvgIpc) is 2.09. The molecule has 0 aromatic heterocycles. The van der Waals surface area contributed by atoms with Crippen molar-refractivity contribution < 1.29 is 0 Å². The van der Waals surface area contributed by atoms with Crippen molar-refractivity contribution in [3.63, 3.8) is 0 Å². The van der Waals surface area contributed by atoms with Crippen LogP contribution < -0.4 is 0 Å². The second-order valence-electron chi connectivity index (χ2n) is 3.85. The highest BCUT2D eigenvalue weighted by Crippen LogP contribution is 2.58. The van der Waals surface area contributed by atoms with Crippen molar-refractivity contribution in [2.45, 2.75) is 46.5 Å². The van der Waals surface area contributed by atoms with Crippen molar-refractivity contribution in [2.75, 3.05) is 25.2 Å². The van der Waals surface area contributed by atoms with Crippen LogP contribution in [-0.4, -0.2) is 25.2 Å². The lowest BCUT2D eigenvalue weighted by Crippen LogP contribution is -2.11. The maximum Gasteiger partial charge on any atom is 0.0591 e. The quantitative estimate of drug-likeness (QED) is 0.569. The summed E-state index contributed by atoms with van der Waals surface area (Å²) in [5, 5.41) is 0. The number of hydrogen-bond acceptors (Lipinski definition) is 0. The number of hydrogen-bond donors (Lipinski definition) is 0. The summed E-state index contributed by atoms with van der Waals surface area (Å²) < 4.78 is 0. The van der Waals surface area contributed by atoms with Crippen LogP contribution in [-0.2, 0) is 0 Å². The van der Waals surface area contributed by atoms with Gasteiger partial charge in [-0.05, 0) is 25.7 Å². The van der Waals surface area contributed by atoms with Crippen LogP contribution in [0.4, 0.5) is 0 Å². The van der Waals surface area contributed by atoms with E-state index in [0.29, 0.717) is 0 Å². The maximum absolute atomic E-state index is 2.58. The molecular formula is C11H26P+. The maximum atomic E-state index is 2.58. The molecule has 1 rings (SSSR count). The van der Waals surface area contributed by atoms with Gasteiger partial charge in [0.2, 0.25) is 0 Å². The molecular weight excluding hydrogens is 163 g/mol. The second-order valence-corrected chi connectivity index (χ2v) is 8.43. The van der Waals surface area contributed by atoms with Gasteiger partial charge in [0.25, 0.3) is 0 Å². The molecule has 0 atom stereocenters. The normalized spacial score (nSPS) is 21.0. The Labute approximate surface area is 79.5 Å². The molecule has 0 bridgehead atoms. The molecule has 1 aliphatic heterocycles. The van der Waals surface area contributed by atoms with Crippen LogP contribution in [0.3, 0.4) is 0 Å². The second kappa shape index (κ2) is 6.89. The molecule has 0 nitrogen and oxygen atoms in total. The van der Waals surface area contributed by atoms with E-state index in [2.05, 4.69) is 13.6 Å². The smallest absolute Gasteiger partial charge is 0.0591 e. The first kappa shape index (κ1) is 12.4. The third kappa shape index (κ3) is 4.45. The molecule has 0 N–H and O–H groups in total. The molecule has 0 spiro atoms. The van der Waals surface area contributed by atoms with Crippen molar-refractivity contribution in [2.24, 2.45) is 0 Å². The van der Waals surface area contributed by atoms with E-state index in [4.69, 9.17) is 0 Å². The lowest BCUT2D eigenvalue weighted by atomic mass is 10.3. The summed E-state index contributed by atoms with van der Waals surface area (Å²) in [4.78, 5) is 0. The van der Waals surface area contributed by atoms with Crippen molar-refractivity contribution >= 4 is 7.26 Å². The zero-order valence-electron chi connectivity index (χ0n) is 9.40. The Balaban J connectivity index is 0.000000561. The highest BCUT2D eigenvalue weighted by atomic mass is 31.2. The molecule has 1 heteroatoms. The van der Waals surface area contributed by atoms with E-state index in [-0.39, 0.29) is 7.26 Å². The average molecular weight is 189 g/mol. The van der Waals surface area contributed by atoms with Crippen LogP contribution in [0.25, 0.3) is 0 Å². The van der Waals surface area contributed by atoms with Gasteiger partial charge in [-0.15, -0.1) is 0 Å². The first-order valence-electron chi connectivity index (χ1n) is 5.60. The molecule has 1 saturated heterocycles. The molecule has 0 unspecified atom stereocenters. The van der Waals surface area contributed by atoms with Crippen LogP contribution in [0.15, 0.2) is 0 Å². The molecule has 1 fully saturated rings. The fraction of sp³-hybridized carbons (Fsp3) is 1.00. The minimum absolute atomic E-state index is 0.363. The van der Waals surface area contributed by atoms with Gasteiger partial charge in [0, 0.05) is 13.9 Å². The first-order valence-corrected chi connectivity index (χ1v) is 8.39. The summed E-state index contributed by atoms with van der Waals surface area (Å²) >= 11 is 0. The highest BCUT2D eigenvalue weighted by Gasteiger charge is 2.31. The zero-order valence-corrected chi connectivity index (χ0v) is 10.3. The van der Waals surface area contributed by atoms with Crippen LogP contribution in [0.2, 0.25) is 0 Å². The molecule has 0 aliphatic carbocycles. The largest absolute Gasteiger partial charge is 0.0683 e. The summed E-state index contributed by atoms with van der Waals surface area (Å²) in [6.45, 7) is 8.91. The van der Waals surface area contributed by atoms with Crippen LogP contribution in [0.5, 0.6) is 0 Å². The Hall–Kier alpha value is 0.430. The first-order chi connectivity index (χ1) is 5.77. The topological polar surface area (TPSA) is 0 Å². The summed E-state index contributed by atoms with van der Waals surface area (Å²) in [5.41, 5.74) is 0. The summed E-state index contributed by atoms with van der Waals surface area (Å²) in [6.07, 6.45) is 10.8. The molecule has 0 saturated carbocycles. The third-order valence-corrected chi connectivity index (χ3v) is 6.98. The minimum atomic E-state index is -0.363. The molecule has 1 aliphatic rings. The Morgan fingerprint density at radius 1 is 1.00 bits per heavy atom. The SMILES string of the molecule is CC.CCC[P+]1(C)CCCCC1. The van der Waals surface area contributed by atoms with Gasteiger partial charge in [0.1, 0.15) is 0 Å². The highest BCUT2D eigenvalue weighted by molar-refractivity contribution is 7.75. The van der Waals surface area contributed by atoms with Gasteiger partial charge in [-0.3, -0.25) is 0 Å². The number of rotatable bonds is 2. The van der Waals surface area contributed by atoms with Crippen molar-refractivity contribution in [3.8, 4) is 0 Å². The van der Waals surface area contributed by atoms with E-state index >= 15 is 0 Å². The van der Waals surface area contributed by atoms with Gasteiger partial charge in [-0.2, -0.15) is 0 Å². The van der Waals surface area contributed by atoms with Gasteiger partial charge in [-0.1, -0.05) is 20.8 Å². The van der Waals surface area contributed by atoms with E-state index in [9.17, 15) is 0 Å². The molecule has 0 amide bonds. The van der Waals surface area contributed by atoms with Gasteiger partial charge < -0.3 is 0 Å². The van der Waals surface area contributed by atoms with Crippen molar-refractivity contribution in [1.82, 2.24) is 0 Å². The minimum Gasteiger partial charge on any atom is -0.0683 e. The Morgan fingerprint density at radius 3 is 1.92 bits per heavy atom. The van der Waals surface area contributed by atoms with Crippen LogP contribution in [0, 0.1) is 0 Å². The molecule has 12 heavy (non-hydrogen) atoms. The lowest BCUT2D eigenvalue weighted by Gasteiger charge is -2.26. The monoisotopic (exact) mass is 189 g/mol. The van der Waals surface area contributed by atoms with Gasteiger partial charge in [-0.25, -0.2) is 0 Å². The molecule has 0 aromatic carbocycles. The third-order valence-electron chi connectivity index (χ3n) is 2.66. The van der Waals surface area contributed by atoms with Gasteiger partial charge in [0.05, 0.1) is 18.5 Å². The Kier molecular flexibility index (Phi) is 7.14. The predicted molar refractivity (Wildman–Crippen MR) is 62.9 cm³/mol. The van der Waals surface area contributed by atoms with Crippen molar-refractivity contribution in [3.05, 3.63) is 0 Å². The molecule has 0 radical (unpaired) electrons. The van der Waals surface area contributed by atoms with E-state index in [1.807, 2.05) is 13.8 Å². The zero-order chi connectivity index (χ0) is 9.45. The fourth-order valence-electron chi connectivity index (χ4n) is 2.04. The summed E-state index contributed by atoms with van der Waals surface area (Å²) in [7, 11) is -0.363. The van der Waals surface area contributed by atoms with E-state index in [1.165, 1.54) is 25.7 Å². The summed E-state index contributed by atoms with van der Waals surface area (Å²) in [5.74, 6) is 0. The predicted octanol–water partition coefficient (Wildman–Crippen LogP) is 4.25. The fourth-order valence-corrected chi connectivity index (χ4v) is 5.76. The van der Waals surface area contributed by atoms with E-state index in [0.717, 1.165) is 0 Å². The van der Waals surface area contributed by atoms with Crippen LogP contribution in [0.1, 0.15) is 46.5 Å². The van der Waals surface area contributed by atoms with Gasteiger partial charge >= 0.3 is 0 Å². The van der Waals surface area contributed by atoms with E-state index in [1.54, 1.807) is 18.5 Å². The molecule has 74 valence electrons. The standard InChI is InChI=1S/C9H20P.C2H6/c1-3-7-10(2)8-5-4-6-9-10;1-2/h3-9H2,1-2H3;1-2H3/q+1;. The Bertz CT molecular complexity index is 87.7. The van der Waals surface area contributed by atoms with Gasteiger partial charge in [0.15, 0.2) is 0 Å². The van der Waals surface area contributed by atoms with E-state index < -0.39 is 0 Å². The van der Waals surface area contributed by atoms with Crippen molar-refractivity contribution in [1.29, 1.82) is 0 Å². The molecule has 0 aromatic rings. The van der Waals surface area contributed by atoms with Crippen LogP contribution >= 0.6 is 7.26 Å². The summed E-state index contributed by atoms with van der Waals surface area (Å²) in [6, 6.07) is 0. The lowest BCUT2D eigenvalue weighted by molar-refractivity contribution is 0.742.